The molecule has 0 aliphatic rings. The smallest absolute Gasteiger partial charge is 0.326 e. The lowest BCUT2D eigenvalue weighted by molar-refractivity contribution is -0.141. The van der Waals surface area contributed by atoms with Crippen molar-refractivity contribution in [3.8, 4) is 0 Å². The lowest BCUT2D eigenvalue weighted by Crippen LogP contribution is -2.54. The third-order valence-electron chi connectivity index (χ3n) is 2.81. The number of rotatable bonds is 5. The standard InChI is InChI=1S/C13H22N4O3/c1-9(7-17-6-5-14-8-17)15-12(20)16-10(11(18)19)13(2,3)4/h5-6,8-10H,7H2,1-4H3,(H,18,19)(H2,15,16,20). The van der Waals surface area contributed by atoms with E-state index in [9.17, 15) is 9.59 Å². The summed E-state index contributed by atoms with van der Waals surface area (Å²) in [4.78, 5) is 26.9. The maximum atomic E-state index is 11.8. The molecule has 112 valence electrons. The van der Waals surface area contributed by atoms with Gasteiger partial charge >= 0.3 is 12.0 Å². The van der Waals surface area contributed by atoms with Gasteiger partial charge < -0.3 is 20.3 Å². The number of imidazole rings is 1. The molecule has 0 radical (unpaired) electrons. The van der Waals surface area contributed by atoms with E-state index in [4.69, 9.17) is 5.11 Å². The van der Waals surface area contributed by atoms with Crippen molar-refractivity contribution in [2.45, 2.75) is 46.3 Å². The van der Waals surface area contributed by atoms with Gasteiger partial charge in [0.1, 0.15) is 6.04 Å². The van der Waals surface area contributed by atoms with Crippen LogP contribution in [0.4, 0.5) is 4.79 Å². The Morgan fingerprint density at radius 2 is 2.00 bits per heavy atom. The molecule has 7 nitrogen and oxygen atoms in total. The predicted molar refractivity (Wildman–Crippen MR) is 74.2 cm³/mol. The Labute approximate surface area is 118 Å². The van der Waals surface area contributed by atoms with Gasteiger partial charge in [-0.1, -0.05) is 20.8 Å². The summed E-state index contributed by atoms with van der Waals surface area (Å²) in [7, 11) is 0. The number of hydrogen-bond donors (Lipinski definition) is 3. The second kappa shape index (κ2) is 6.40. The molecule has 0 spiro atoms. The average molecular weight is 282 g/mol. The summed E-state index contributed by atoms with van der Waals surface area (Å²) >= 11 is 0. The van der Waals surface area contributed by atoms with Crippen LogP contribution in [0.25, 0.3) is 0 Å². The molecule has 2 amide bonds. The predicted octanol–water partition coefficient (Wildman–Crippen LogP) is 1.07. The lowest BCUT2D eigenvalue weighted by atomic mass is 9.87. The molecule has 2 atom stereocenters. The summed E-state index contributed by atoms with van der Waals surface area (Å²) in [6.45, 7) is 7.70. The number of aromatic nitrogens is 2. The fourth-order valence-corrected chi connectivity index (χ4v) is 1.80. The minimum absolute atomic E-state index is 0.140. The van der Waals surface area contributed by atoms with Crippen molar-refractivity contribution < 1.29 is 14.7 Å². The number of nitrogens with one attached hydrogen (secondary N) is 2. The zero-order valence-electron chi connectivity index (χ0n) is 12.3. The van der Waals surface area contributed by atoms with Crippen molar-refractivity contribution in [2.75, 3.05) is 0 Å². The first-order valence-corrected chi connectivity index (χ1v) is 6.45. The molecule has 7 heteroatoms. The number of hydrogen-bond acceptors (Lipinski definition) is 3. The van der Waals surface area contributed by atoms with E-state index in [0.29, 0.717) is 6.54 Å². The molecule has 20 heavy (non-hydrogen) atoms. The Morgan fingerprint density at radius 1 is 1.35 bits per heavy atom. The molecule has 1 aromatic heterocycles. The Hall–Kier alpha value is -2.05. The van der Waals surface area contributed by atoms with Gasteiger partial charge in [-0.15, -0.1) is 0 Å². The third-order valence-corrected chi connectivity index (χ3v) is 2.81. The number of aliphatic carboxylic acids is 1. The van der Waals surface area contributed by atoms with Gasteiger partial charge in [-0.25, -0.2) is 14.6 Å². The lowest BCUT2D eigenvalue weighted by Gasteiger charge is -2.28. The molecule has 0 saturated heterocycles. The van der Waals surface area contributed by atoms with Crippen molar-refractivity contribution in [2.24, 2.45) is 5.41 Å². The molecular formula is C13H22N4O3. The first-order valence-electron chi connectivity index (χ1n) is 6.45. The topological polar surface area (TPSA) is 96.3 Å². The summed E-state index contributed by atoms with van der Waals surface area (Å²) in [6, 6.07) is -1.57. The van der Waals surface area contributed by atoms with Crippen LogP contribution in [0, 0.1) is 5.41 Å². The van der Waals surface area contributed by atoms with E-state index < -0.39 is 23.5 Å². The van der Waals surface area contributed by atoms with Crippen molar-refractivity contribution in [3.63, 3.8) is 0 Å². The normalized spacial score (nSPS) is 14.4. The highest BCUT2D eigenvalue weighted by Crippen LogP contribution is 2.19. The van der Waals surface area contributed by atoms with Gasteiger partial charge in [0.05, 0.1) is 6.33 Å². The summed E-state index contributed by atoms with van der Waals surface area (Å²) in [5.74, 6) is -1.05. The number of carbonyl (C=O) groups is 2. The fraction of sp³-hybridized carbons (Fsp3) is 0.615. The number of urea groups is 1. The average Bonchev–Trinajstić information content (AvgIpc) is 2.76. The number of nitrogens with zero attached hydrogens (tertiary/aromatic N) is 2. The minimum Gasteiger partial charge on any atom is -0.480 e. The van der Waals surface area contributed by atoms with E-state index in [1.807, 2.05) is 11.5 Å². The van der Waals surface area contributed by atoms with Crippen LogP contribution in [0.3, 0.4) is 0 Å². The number of carboxylic acid groups (broad SMARTS) is 1. The maximum Gasteiger partial charge on any atom is 0.326 e. The Balaban J connectivity index is 2.51. The highest BCUT2D eigenvalue weighted by molar-refractivity contribution is 5.83. The van der Waals surface area contributed by atoms with Gasteiger partial charge in [0.25, 0.3) is 0 Å². The summed E-state index contributed by atoms with van der Waals surface area (Å²) in [6.07, 6.45) is 5.11. The second-order valence-electron chi connectivity index (χ2n) is 5.92. The van der Waals surface area contributed by atoms with Crippen LogP contribution in [0.1, 0.15) is 27.7 Å². The van der Waals surface area contributed by atoms with Gasteiger partial charge in [-0.05, 0) is 12.3 Å². The molecule has 2 unspecified atom stereocenters. The molecule has 1 rings (SSSR count). The molecule has 1 aromatic rings. The zero-order valence-corrected chi connectivity index (χ0v) is 12.3. The molecule has 0 aliphatic carbocycles. The highest BCUT2D eigenvalue weighted by atomic mass is 16.4. The Bertz CT molecular complexity index is 451. The first-order chi connectivity index (χ1) is 9.20. The Morgan fingerprint density at radius 3 is 2.45 bits per heavy atom. The van der Waals surface area contributed by atoms with Crippen LogP contribution in [0.5, 0.6) is 0 Å². The van der Waals surface area contributed by atoms with Crippen LogP contribution in [0.2, 0.25) is 0 Å². The van der Waals surface area contributed by atoms with E-state index >= 15 is 0 Å². The van der Waals surface area contributed by atoms with Crippen LogP contribution in [0.15, 0.2) is 18.7 Å². The molecule has 0 saturated carbocycles. The van der Waals surface area contributed by atoms with E-state index in [1.165, 1.54) is 0 Å². The Kier molecular flexibility index (Phi) is 5.12. The monoisotopic (exact) mass is 282 g/mol. The van der Waals surface area contributed by atoms with Crippen LogP contribution < -0.4 is 10.6 Å². The number of carboxylic acids is 1. The van der Waals surface area contributed by atoms with Crippen LogP contribution in [-0.2, 0) is 11.3 Å². The maximum absolute atomic E-state index is 11.8. The first kappa shape index (κ1) is 16.0. The molecule has 0 aromatic carbocycles. The van der Waals surface area contributed by atoms with Crippen molar-refractivity contribution in [1.29, 1.82) is 0 Å². The fourth-order valence-electron chi connectivity index (χ4n) is 1.80. The number of carbonyl (C=O) groups excluding carboxylic acids is 1. The highest BCUT2D eigenvalue weighted by Gasteiger charge is 2.32. The molecule has 1 heterocycles. The van der Waals surface area contributed by atoms with Crippen LogP contribution >= 0.6 is 0 Å². The van der Waals surface area contributed by atoms with E-state index in [1.54, 1.807) is 39.5 Å². The molecule has 0 aliphatic heterocycles. The third kappa shape index (κ3) is 4.91. The molecular weight excluding hydrogens is 260 g/mol. The van der Waals surface area contributed by atoms with E-state index in [-0.39, 0.29) is 6.04 Å². The molecule has 0 bridgehead atoms. The molecule has 0 fully saturated rings. The van der Waals surface area contributed by atoms with Gasteiger partial charge in [0.15, 0.2) is 0 Å². The van der Waals surface area contributed by atoms with Gasteiger partial charge in [0, 0.05) is 25.0 Å². The van der Waals surface area contributed by atoms with Crippen molar-refractivity contribution in [1.82, 2.24) is 20.2 Å². The van der Waals surface area contributed by atoms with E-state index in [2.05, 4.69) is 15.6 Å². The van der Waals surface area contributed by atoms with Gasteiger partial charge in [0.2, 0.25) is 0 Å². The summed E-state index contributed by atoms with van der Waals surface area (Å²) < 4.78 is 1.84. The zero-order chi connectivity index (χ0) is 15.3. The van der Waals surface area contributed by atoms with Crippen LogP contribution in [-0.4, -0.2) is 38.7 Å². The summed E-state index contributed by atoms with van der Waals surface area (Å²) in [5.41, 5.74) is -0.559. The van der Waals surface area contributed by atoms with E-state index in [0.717, 1.165) is 0 Å². The largest absolute Gasteiger partial charge is 0.480 e. The quantitative estimate of drug-likeness (QED) is 0.752. The molecule has 3 N–H and O–H groups in total. The minimum atomic E-state index is -1.05. The summed E-state index contributed by atoms with van der Waals surface area (Å²) in [5, 5.41) is 14.4. The van der Waals surface area contributed by atoms with Gasteiger partial charge in [-0.3, -0.25) is 0 Å². The number of amides is 2. The van der Waals surface area contributed by atoms with Crippen molar-refractivity contribution in [3.05, 3.63) is 18.7 Å². The van der Waals surface area contributed by atoms with Crippen molar-refractivity contribution >= 4 is 12.0 Å². The van der Waals surface area contributed by atoms with Gasteiger partial charge in [-0.2, -0.15) is 0 Å². The SMILES string of the molecule is CC(Cn1ccnc1)NC(=O)NC(C(=O)O)C(C)(C)C. The second-order valence-corrected chi connectivity index (χ2v) is 5.92.